The highest BCUT2D eigenvalue weighted by molar-refractivity contribution is 5.77. The predicted octanol–water partition coefficient (Wildman–Crippen LogP) is 3.50. The van der Waals surface area contributed by atoms with E-state index in [0.29, 0.717) is 0 Å². The van der Waals surface area contributed by atoms with Gasteiger partial charge in [-0.15, -0.1) is 0 Å². The summed E-state index contributed by atoms with van der Waals surface area (Å²) >= 11 is 0. The van der Waals surface area contributed by atoms with Crippen molar-refractivity contribution in [3.63, 3.8) is 0 Å². The van der Waals surface area contributed by atoms with Crippen LogP contribution >= 0.6 is 0 Å². The highest BCUT2D eigenvalue weighted by Crippen LogP contribution is 2.28. The number of nitrogens with one attached hydrogen (secondary N) is 1. The second-order valence-electron chi connectivity index (χ2n) is 7.18. The van der Waals surface area contributed by atoms with Gasteiger partial charge in [-0.1, -0.05) is 36.4 Å². The van der Waals surface area contributed by atoms with Crippen LogP contribution in [-0.2, 0) is 0 Å². The van der Waals surface area contributed by atoms with Gasteiger partial charge in [0.15, 0.2) is 5.65 Å². The van der Waals surface area contributed by atoms with E-state index >= 15 is 0 Å². The summed E-state index contributed by atoms with van der Waals surface area (Å²) in [6.45, 7) is 1.07. The van der Waals surface area contributed by atoms with Crippen LogP contribution in [0.4, 0.5) is 17.3 Å². The summed E-state index contributed by atoms with van der Waals surface area (Å²) in [7, 11) is 0. The Morgan fingerprint density at radius 3 is 2.86 bits per heavy atom. The van der Waals surface area contributed by atoms with Crippen LogP contribution < -0.4 is 10.2 Å². The first-order valence-electron chi connectivity index (χ1n) is 9.83. The molecule has 0 saturated carbocycles. The lowest BCUT2D eigenvalue weighted by Gasteiger charge is -2.24. The van der Waals surface area contributed by atoms with E-state index in [1.165, 1.54) is 0 Å². The van der Waals surface area contributed by atoms with E-state index in [0.717, 1.165) is 53.6 Å². The summed E-state index contributed by atoms with van der Waals surface area (Å²) in [5, 5.41) is 17.7. The standard InChI is InChI=1S/C22H22N6O/c29-15-17-8-5-12-27(17)21-10-4-9-20(25-21)24-19-14-18(16-6-2-1-3-7-16)26-28-13-11-23-22(19)28/h1-4,6-7,9-11,13-14,17,29H,5,8,12,15H2,(H,24,25). The molecule has 1 fully saturated rings. The van der Waals surface area contributed by atoms with Crippen molar-refractivity contribution in [3.8, 4) is 11.3 Å². The third-order valence-corrected chi connectivity index (χ3v) is 5.31. The molecule has 4 aromatic rings. The molecule has 7 nitrogen and oxygen atoms in total. The number of hydrogen-bond donors (Lipinski definition) is 2. The molecule has 1 aliphatic rings. The largest absolute Gasteiger partial charge is 0.394 e. The first kappa shape index (κ1) is 17.6. The van der Waals surface area contributed by atoms with Gasteiger partial charge in [-0.3, -0.25) is 0 Å². The fourth-order valence-corrected chi connectivity index (χ4v) is 3.88. The van der Waals surface area contributed by atoms with Crippen LogP contribution in [0.25, 0.3) is 16.9 Å². The molecule has 146 valence electrons. The zero-order valence-electron chi connectivity index (χ0n) is 15.9. The minimum Gasteiger partial charge on any atom is -0.394 e. The summed E-state index contributed by atoms with van der Waals surface area (Å²) in [6.07, 6.45) is 5.65. The van der Waals surface area contributed by atoms with Gasteiger partial charge >= 0.3 is 0 Å². The van der Waals surface area contributed by atoms with E-state index in [1.54, 1.807) is 10.7 Å². The van der Waals surface area contributed by atoms with Crippen molar-refractivity contribution in [2.24, 2.45) is 0 Å². The van der Waals surface area contributed by atoms with Crippen LogP contribution in [0.2, 0.25) is 0 Å². The molecule has 5 rings (SSSR count). The summed E-state index contributed by atoms with van der Waals surface area (Å²) in [6, 6.07) is 18.1. The third kappa shape index (κ3) is 3.40. The fourth-order valence-electron chi connectivity index (χ4n) is 3.88. The number of aliphatic hydroxyl groups is 1. The maximum Gasteiger partial charge on any atom is 0.177 e. The lowest BCUT2D eigenvalue weighted by Crippen LogP contribution is -2.32. The maximum atomic E-state index is 9.63. The van der Waals surface area contributed by atoms with Gasteiger partial charge in [-0.2, -0.15) is 5.10 Å². The third-order valence-electron chi connectivity index (χ3n) is 5.31. The van der Waals surface area contributed by atoms with Crippen LogP contribution in [-0.4, -0.2) is 43.9 Å². The molecule has 1 atom stereocenters. The van der Waals surface area contributed by atoms with Crippen molar-refractivity contribution in [3.05, 3.63) is 67.0 Å². The molecule has 0 amide bonds. The monoisotopic (exact) mass is 386 g/mol. The molecule has 1 aromatic carbocycles. The zero-order chi connectivity index (χ0) is 19.6. The first-order valence-corrected chi connectivity index (χ1v) is 9.83. The number of pyridine rings is 1. The van der Waals surface area contributed by atoms with Crippen molar-refractivity contribution >= 4 is 23.0 Å². The van der Waals surface area contributed by atoms with Crippen LogP contribution in [0.1, 0.15) is 12.8 Å². The second kappa shape index (κ2) is 7.52. The highest BCUT2D eigenvalue weighted by atomic mass is 16.3. The number of hydrogen-bond acceptors (Lipinski definition) is 6. The normalized spacial score (nSPS) is 16.4. The molecule has 0 radical (unpaired) electrons. The van der Waals surface area contributed by atoms with E-state index in [2.05, 4.69) is 20.3 Å². The molecular formula is C22H22N6O. The molecule has 0 aliphatic carbocycles. The molecule has 2 N–H and O–H groups in total. The van der Waals surface area contributed by atoms with Gasteiger partial charge in [0.25, 0.3) is 0 Å². The maximum absolute atomic E-state index is 9.63. The van der Waals surface area contributed by atoms with E-state index in [4.69, 9.17) is 4.98 Å². The molecule has 1 aliphatic heterocycles. The predicted molar refractivity (Wildman–Crippen MR) is 113 cm³/mol. The van der Waals surface area contributed by atoms with Crippen LogP contribution in [0.5, 0.6) is 0 Å². The molecule has 0 bridgehead atoms. The van der Waals surface area contributed by atoms with Crippen LogP contribution in [0, 0.1) is 0 Å². The fraction of sp³-hybridized carbons (Fsp3) is 0.227. The Kier molecular flexibility index (Phi) is 4.57. The Morgan fingerprint density at radius 1 is 1.10 bits per heavy atom. The molecule has 4 heterocycles. The molecule has 0 spiro atoms. The van der Waals surface area contributed by atoms with Crippen molar-refractivity contribution in [2.75, 3.05) is 23.4 Å². The number of fused-ring (bicyclic) bond motifs is 1. The van der Waals surface area contributed by atoms with Crippen LogP contribution in [0.15, 0.2) is 67.0 Å². The Hall–Kier alpha value is -3.45. The number of aliphatic hydroxyl groups excluding tert-OH is 1. The number of nitrogens with zero attached hydrogens (tertiary/aromatic N) is 5. The summed E-state index contributed by atoms with van der Waals surface area (Å²) in [4.78, 5) is 11.4. The van der Waals surface area contributed by atoms with Gasteiger partial charge in [-0.05, 0) is 31.0 Å². The number of imidazole rings is 1. The second-order valence-corrected chi connectivity index (χ2v) is 7.18. The van der Waals surface area contributed by atoms with Gasteiger partial charge in [0.05, 0.1) is 24.0 Å². The summed E-state index contributed by atoms with van der Waals surface area (Å²) in [5.41, 5.74) is 3.48. The van der Waals surface area contributed by atoms with Crippen molar-refractivity contribution in [1.82, 2.24) is 19.6 Å². The molecule has 29 heavy (non-hydrogen) atoms. The SMILES string of the molecule is OCC1CCCN1c1cccc(Nc2cc(-c3ccccc3)nn3ccnc23)n1. The first-order chi connectivity index (χ1) is 14.3. The number of aromatic nitrogens is 4. The summed E-state index contributed by atoms with van der Waals surface area (Å²) in [5.74, 6) is 1.62. The quantitative estimate of drug-likeness (QED) is 0.547. The number of benzene rings is 1. The Labute approximate surface area is 168 Å². The van der Waals surface area contributed by atoms with Crippen molar-refractivity contribution in [1.29, 1.82) is 0 Å². The Balaban J connectivity index is 1.51. The highest BCUT2D eigenvalue weighted by Gasteiger charge is 2.25. The number of anilines is 3. The van der Waals surface area contributed by atoms with Gasteiger partial charge in [0.1, 0.15) is 11.6 Å². The molecule has 1 unspecified atom stereocenters. The zero-order valence-corrected chi connectivity index (χ0v) is 15.9. The van der Waals surface area contributed by atoms with Gasteiger partial charge < -0.3 is 15.3 Å². The number of rotatable bonds is 5. The van der Waals surface area contributed by atoms with Gasteiger partial charge in [-0.25, -0.2) is 14.5 Å². The minimum absolute atomic E-state index is 0.141. The van der Waals surface area contributed by atoms with Crippen molar-refractivity contribution in [2.45, 2.75) is 18.9 Å². The lowest BCUT2D eigenvalue weighted by molar-refractivity contribution is 0.266. The molecule has 7 heteroatoms. The van der Waals surface area contributed by atoms with Crippen molar-refractivity contribution < 1.29 is 5.11 Å². The minimum atomic E-state index is 0.141. The summed E-state index contributed by atoms with van der Waals surface area (Å²) < 4.78 is 1.77. The van der Waals surface area contributed by atoms with Gasteiger partial charge in [0, 0.05) is 24.5 Å². The average Bonchev–Trinajstić information content (AvgIpc) is 3.44. The lowest BCUT2D eigenvalue weighted by atomic mass is 10.1. The van der Waals surface area contributed by atoms with E-state index < -0.39 is 0 Å². The van der Waals surface area contributed by atoms with Gasteiger partial charge in [0.2, 0.25) is 0 Å². The topological polar surface area (TPSA) is 78.6 Å². The Morgan fingerprint density at radius 2 is 2.00 bits per heavy atom. The van der Waals surface area contributed by atoms with E-state index in [9.17, 15) is 5.11 Å². The van der Waals surface area contributed by atoms with E-state index in [-0.39, 0.29) is 12.6 Å². The average molecular weight is 386 g/mol. The smallest absolute Gasteiger partial charge is 0.177 e. The molecular weight excluding hydrogens is 364 g/mol. The van der Waals surface area contributed by atoms with E-state index in [1.807, 2.05) is 60.8 Å². The molecule has 3 aromatic heterocycles. The Bertz CT molecular complexity index is 1130. The molecule has 1 saturated heterocycles. The van der Waals surface area contributed by atoms with Crippen LogP contribution in [0.3, 0.4) is 0 Å².